The molecule has 1 saturated carbocycles. The van der Waals surface area contributed by atoms with Crippen LogP contribution in [0.2, 0.25) is 0 Å². The molecular formula is C7H13N5. The maximum atomic E-state index is 3.84. The molecular weight excluding hydrogens is 154 g/mol. The number of hydrogen-bond acceptors (Lipinski definition) is 4. The van der Waals surface area contributed by atoms with E-state index in [1.807, 2.05) is 7.05 Å². The molecule has 66 valence electrons. The minimum Gasteiger partial charge on any atom is -0.353 e. The van der Waals surface area contributed by atoms with Crippen molar-refractivity contribution in [3.8, 4) is 0 Å². The molecule has 0 unspecified atom stereocenters. The first-order chi connectivity index (χ1) is 5.70. The molecule has 1 aliphatic carbocycles. The molecule has 1 aromatic rings. The first-order valence-electron chi connectivity index (χ1n) is 4.16. The maximum Gasteiger partial charge on any atom is 0.242 e. The number of rotatable bonds is 3. The van der Waals surface area contributed by atoms with Crippen LogP contribution in [0, 0.1) is 5.41 Å². The fourth-order valence-corrected chi connectivity index (χ4v) is 1.06. The summed E-state index contributed by atoms with van der Waals surface area (Å²) in [6.07, 6.45) is 2.62. The van der Waals surface area contributed by atoms with E-state index in [4.69, 9.17) is 0 Å². The Labute approximate surface area is 71.1 Å². The molecule has 1 aliphatic rings. The number of nitrogens with one attached hydrogen (secondary N) is 1. The number of hydrogen-bond donors (Lipinski definition) is 1. The lowest BCUT2D eigenvalue weighted by molar-refractivity contribution is 0.603. The van der Waals surface area contributed by atoms with Crippen LogP contribution < -0.4 is 5.32 Å². The number of nitrogens with zero attached hydrogens (tertiary/aromatic N) is 4. The summed E-state index contributed by atoms with van der Waals surface area (Å²) in [5.41, 5.74) is 0.492. The molecule has 1 N–H and O–H groups in total. The maximum absolute atomic E-state index is 3.84. The van der Waals surface area contributed by atoms with Crippen molar-refractivity contribution in [3.05, 3.63) is 0 Å². The smallest absolute Gasteiger partial charge is 0.242 e. The van der Waals surface area contributed by atoms with Gasteiger partial charge in [0.25, 0.3) is 0 Å². The second-order valence-electron chi connectivity index (χ2n) is 3.79. The van der Waals surface area contributed by atoms with Crippen molar-refractivity contribution >= 4 is 5.95 Å². The van der Waals surface area contributed by atoms with E-state index in [2.05, 4.69) is 27.8 Å². The second-order valence-corrected chi connectivity index (χ2v) is 3.79. The van der Waals surface area contributed by atoms with Crippen LogP contribution in [0.5, 0.6) is 0 Å². The molecule has 5 nitrogen and oxygen atoms in total. The van der Waals surface area contributed by atoms with Crippen LogP contribution in [0.25, 0.3) is 0 Å². The molecule has 0 atom stereocenters. The summed E-state index contributed by atoms with van der Waals surface area (Å²) >= 11 is 0. The van der Waals surface area contributed by atoms with Crippen molar-refractivity contribution < 1.29 is 0 Å². The molecule has 0 aromatic carbocycles. The standard InChI is InChI=1S/C7H13N5/c1-7(3-4-7)5-8-6-9-10-11-12(6)2/h3-5H2,1-2H3,(H,8,9,11). The molecule has 0 saturated heterocycles. The lowest BCUT2D eigenvalue weighted by atomic mass is 10.1. The van der Waals surface area contributed by atoms with E-state index in [0.29, 0.717) is 5.41 Å². The van der Waals surface area contributed by atoms with Crippen molar-refractivity contribution in [2.24, 2.45) is 12.5 Å². The van der Waals surface area contributed by atoms with Gasteiger partial charge in [-0.1, -0.05) is 12.0 Å². The van der Waals surface area contributed by atoms with E-state index in [-0.39, 0.29) is 0 Å². The predicted molar refractivity (Wildman–Crippen MR) is 44.6 cm³/mol. The fraction of sp³-hybridized carbons (Fsp3) is 0.857. The van der Waals surface area contributed by atoms with Gasteiger partial charge >= 0.3 is 0 Å². The zero-order chi connectivity index (χ0) is 8.60. The van der Waals surface area contributed by atoms with Crippen molar-refractivity contribution in [3.63, 3.8) is 0 Å². The molecule has 12 heavy (non-hydrogen) atoms. The quantitative estimate of drug-likeness (QED) is 0.709. The van der Waals surface area contributed by atoms with Gasteiger partial charge in [0.2, 0.25) is 5.95 Å². The topological polar surface area (TPSA) is 55.6 Å². The first kappa shape index (κ1) is 7.52. The highest BCUT2D eigenvalue weighted by Gasteiger charge is 2.37. The van der Waals surface area contributed by atoms with E-state index in [1.165, 1.54) is 12.8 Å². The molecule has 0 amide bonds. The van der Waals surface area contributed by atoms with Gasteiger partial charge in [0, 0.05) is 13.6 Å². The molecule has 0 spiro atoms. The summed E-state index contributed by atoms with van der Waals surface area (Å²) in [5, 5.41) is 14.3. The first-order valence-corrected chi connectivity index (χ1v) is 4.16. The van der Waals surface area contributed by atoms with Gasteiger partial charge in [0.15, 0.2) is 0 Å². The van der Waals surface area contributed by atoms with Crippen LogP contribution >= 0.6 is 0 Å². The summed E-state index contributed by atoms with van der Waals surface area (Å²) in [6.45, 7) is 3.24. The summed E-state index contributed by atoms with van der Waals surface area (Å²) in [6, 6.07) is 0. The minimum atomic E-state index is 0.492. The Hall–Kier alpha value is -1.13. The molecule has 1 fully saturated rings. The average Bonchev–Trinajstić information content (AvgIpc) is 2.61. The predicted octanol–water partition coefficient (Wildman–Crippen LogP) is 0.422. The van der Waals surface area contributed by atoms with Crippen molar-refractivity contribution in [1.82, 2.24) is 20.2 Å². The molecule has 0 aliphatic heterocycles. The van der Waals surface area contributed by atoms with Gasteiger partial charge < -0.3 is 5.32 Å². The normalized spacial score (nSPS) is 19.2. The highest BCUT2D eigenvalue weighted by molar-refractivity contribution is 5.22. The zero-order valence-corrected chi connectivity index (χ0v) is 7.41. The molecule has 2 rings (SSSR count). The Bertz CT molecular complexity index is 275. The second kappa shape index (κ2) is 2.43. The SMILES string of the molecule is Cn1nnnc1NCC1(C)CC1. The van der Waals surface area contributed by atoms with E-state index >= 15 is 0 Å². The van der Waals surface area contributed by atoms with Gasteiger partial charge in [0.1, 0.15) is 0 Å². The third kappa shape index (κ3) is 1.39. The van der Waals surface area contributed by atoms with Crippen LogP contribution in [-0.2, 0) is 7.05 Å². The van der Waals surface area contributed by atoms with Gasteiger partial charge in [-0.15, -0.1) is 0 Å². The highest BCUT2D eigenvalue weighted by atomic mass is 15.6. The van der Waals surface area contributed by atoms with Gasteiger partial charge in [0.05, 0.1) is 0 Å². The van der Waals surface area contributed by atoms with Crippen molar-refractivity contribution in [2.45, 2.75) is 19.8 Å². The summed E-state index contributed by atoms with van der Waals surface area (Å²) in [5.74, 6) is 0.753. The van der Waals surface area contributed by atoms with E-state index in [1.54, 1.807) is 4.68 Å². The van der Waals surface area contributed by atoms with Gasteiger partial charge in [-0.2, -0.15) is 0 Å². The minimum absolute atomic E-state index is 0.492. The lowest BCUT2D eigenvalue weighted by Crippen LogP contribution is -2.14. The van der Waals surface area contributed by atoms with Crippen molar-refractivity contribution in [1.29, 1.82) is 0 Å². The van der Waals surface area contributed by atoms with Crippen LogP contribution in [0.4, 0.5) is 5.95 Å². The third-order valence-electron chi connectivity index (χ3n) is 2.40. The average molecular weight is 167 g/mol. The number of aromatic nitrogens is 4. The Morgan fingerprint density at radius 1 is 1.58 bits per heavy atom. The Morgan fingerprint density at radius 2 is 2.33 bits per heavy atom. The monoisotopic (exact) mass is 167 g/mol. The summed E-state index contributed by atoms with van der Waals surface area (Å²) in [7, 11) is 1.83. The summed E-state index contributed by atoms with van der Waals surface area (Å²) < 4.78 is 1.64. The lowest BCUT2D eigenvalue weighted by Gasteiger charge is -2.08. The fourth-order valence-electron chi connectivity index (χ4n) is 1.06. The van der Waals surface area contributed by atoms with Crippen LogP contribution in [0.3, 0.4) is 0 Å². The molecule has 1 heterocycles. The number of anilines is 1. The zero-order valence-electron chi connectivity index (χ0n) is 7.41. The third-order valence-corrected chi connectivity index (χ3v) is 2.40. The molecule has 1 aromatic heterocycles. The molecule has 0 radical (unpaired) electrons. The Balaban J connectivity index is 1.91. The van der Waals surface area contributed by atoms with Crippen LogP contribution in [0.1, 0.15) is 19.8 Å². The van der Waals surface area contributed by atoms with Crippen LogP contribution in [-0.4, -0.2) is 26.8 Å². The number of aryl methyl sites for hydroxylation is 1. The Morgan fingerprint density at radius 3 is 2.83 bits per heavy atom. The van der Waals surface area contributed by atoms with Crippen molar-refractivity contribution in [2.75, 3.05) is 11.9 Å². The van der Waals surface area contributed by atoms with Gasteiger partial charge in [-0.25, -0.2) is 4.68 Å². The number of tetrazole rings is 1. The highest BCUT2D eigenvalue weighted by Crippen LogP contribution is 2.44. The van der Waals surface area contributed by atoms with E-state index in [0.717, 1.165) is 12.5 Å². The molecule has 0 bridgehead atoms. The van der Waals surface area contributed by atoms with Gasteiger partial charge in [-0.05, 0) is 28.7 Å². The van der Waals surface area contributed by atoms with Crippen LogP contribution in [0.15, 0.2) is 0 Å². The molecule has 5 heteroatoms. The summed E-state index contributed by atoms with van der Waals surface area (Å²) in [4.78, 5) is 0. The largest absolute Gasteiger partial charge is 0.353 e. The van der Waals surface area contributed by atoms with E-state index in [9.17, 15) is 0 Å². The van der Waals surface area contributed by atoms with Gasteiger partial charge in [-0.3, -0.25) is 0 Å². The Kier molecular flexibility index (Phi) is 1.52. The van der Waals surface area contributed by atoms with E-state index < -0.39 is 0 Å².